The average Bonchev–Trinajstić information content (AvgIpc) is 2.93. The standard InChI is InChI=1S/C19H19F2N3O2/c1-11-3-5-15(7-12(11)2)24-10-14(9-18(24)25)22-19(26)23-17-6-4-13(20)8-16(17)21/h3-8,14H,9-10H2,1-2H3,(H2,22,23,26)/t14-/m0/s1. The van der Waals surface area contributed by atoms with E-state index in [0.717, 1.165) is 28.9 Å². The first-order chi connectivity index (χ1) is 12.3. The molecule has 0 bridgehead atoms. The van der Waals surface area contributed by atoms with Gasteiger partial charge in [0.1, 0.15) is 11.6 Å². The van der Waals surface area contributed by atoms with Crippen LogP contribution in [0.4, 0.5) is 25.0 Å². The minimum atomic E-state index is -0.862. The Morgan fingerprint density at radius 1 is 1.12 bits per heavy atom. The number of urea groups is 1. The van der Waals surface area contributed by atoms with Crippen molar-refractivity contribution in [2.75, 3.05) is 16.8 Å². The van der Waals surface area contributed by atoms with E-state index in [0.29, 0.717) is 12.6 Å². The van der Waals surface area contributed by atoms with Crippen LogP contribution in [-0.2, 0) is 4.79 Å². The number of anilines is 2. The minimum absolute atomic E-state index is 0.0912. The zero-order valence-corrected chi connectivity index (χ0v) is 14.5. The van der Waals surface area contributed by atoms with Gasteiger partial charge < -0.3 is 15.5 Å². The maximum atomic E-state index is 13.6. The first-order valence-electron chi connectivity index (χ1n) is 8.23. The maximum Gasteiger partial charge on any atom is 0.319 e. The number of aryl methyl sites for hydroxylation is 2. The summed E-state index contributed by atoms with van der Waals surface area (Å²) in [6.45, 7) is 4.30. The highest BCUT2D eigenvalue weighted by Gasteiger charge is 2.31. The summed E-state index contributed by atoms with van der Waals surface area (Å²) in [7, 11) is 0. The number of halogens is 2. The summed E-state index contributed by atoms with van der Waals surface area (Å²) in [6, 6.07) is 7.60. The third-order valence-electron chi connectivity index (χ3n) is 4.44. The van der Waals surface area contributed by atoms with E-state index >= 15 is 0 Å². The molecule has 1 aliphatic heterocycles. The molecular formula is C19H19F2N3O2. The van der Waals surface area contributed by atoms with Gasteiger partial charge in [0, 0.05) is 24.7 Å². The second kappa shape index (κ2) is 7.11. The molecule has 26 heavy (non-hydrogen) atoms. The van der Waals surface area contributed by atoms with Crippen molar-refractivity contribution in [3.63, 3.8) is 0 Å². The van der Waals surface area contributed by atoms with Gasteiger partial charge in [-0.3, -0.25) is 4.79 Å². The number of benzene rings is 2. The smallest absolute Gasteiger partial charge is 0.319 e. The van der Waals surface area contributed by atoms with Crippen molar-refractivity contribution in [3.05, 3.63) is 59.2 Å². The number of amides is 3. The summed E-state index contributed by atoms with van der Waals surface area (Å²) in [6.07, 6.45) is 0.159. The van der Waals surface area contributed by atoms with E-state index in [4.69, 9.17) is 0 Å². The Balaban J connectivity index is 1.63. The van der Waals surface area contributed by atoms with Crippen LogP contribution < -0.4 is 15.5 Å². The molecule has 0 aliphatic carbocycles. The molecule has 0 saturated carbocycles. The Labute approximate surface area is 150 Å². The number of rotatable bonds is 3. The number of nitrogens with one attached hydrogen (secondary N) is 2. The normalized spacial score (nSPS) is 16.7. The fraction of sp³-hybridized carbons (Fsp3) is 0.263. The molecule has 1 aliphatic rings. The van der Waals surface area contributed by atoms with E-state index in [1.165, 1.54) is 0 Å². The molecule has 1 fully saturated rings. The van der Waals surface area contributed by atoms with Crippen LogP contribution in [0.5, 0.6) is 0 Å². The molecule has 5 nitrogen and oxygen atoms in total. The maximum absolute atomic E-state index is 13.6. The van der Waals surface area contributed by atoms with Crippen molar-refractivity contribution in [3.8, 4) is 0 Å². The Morgan fingerprint density at radius 3 is 2.58 bits per heavy atom. The molecular weight excluding hydrogens is 340 g/mol. The quantitative estimate of drug-likeness (QED) is 0.881. The zero-order chi connectivity index (χ0) is 18.8. The Bertz CT molecular complexity index is 870. The lowest BCUT2D eigenvalue weighted by Crippen LogP contribution is -2.39. The fourth-order valence-corrected chi connectivity index (χ4v) is 2.88. The van der Waals surface area contributed by atoms with Crippen LogP contribution in [0.3, 0.4) is 0 Å². The second-order valence-electron chi connectivity index (χ2n) is 6.40. The highest BCUT2D eigenvalue weighted by Crippen LogP contribution is 2.24. The molecule has 2 aromatic rings. The fourth-order valence-electron chi connectivity index (χ4n) is 2.88. The van der Waals surface area contributed by atoms with Crippen LogP contribution in [0.25, 0.3) is 0 Å². The molecule has 0 unspecified atom stereocenters. The summed E-state index contributed by atoms with van der Waals surface area (Å²) in [5.74, 6) is -1.68. The average molecular weight is 359 g/mol. The molecule has 0 radical (unpaired) electrons. The molecule has 0 spiro atoms. The number of carbonyl (C=O) groups is 2. The topological polar surface area (TPSA) is 61.4 Å². The van der Waals surface area contributed by atoms with Crippen molar-refractivity contribution in [1.29, 1.82) is 0 Å². The molecule has 2 aromatic carbocycles. The number of carbonyl (C=O) groups excluding carboxylic acids is 2. The number of hydrogen-bond donors (Lipinski definition) is 2. The van der Waals surface area contributed by atoms with Crippen LogP contribution in [-0.4, -0.2) is 24.5 Å². The van der Waals surface area contributed by atoms with Crippen LogP contribution in [0.2, 0.25) is 0 Å². The third-order valence-corrected chi connectivity index (χ3v) is 4.44. The van der Waals surface area contributed by atoms with E-state index in [9.17, 15) is 18.4 Å². The SMILES string of the molecule is Cc1ccc(N2C[C@@H](NC(=O)Nc3ccc(F)cc3F)CC2=O)cc1C. The van der Waals surface area contributed by atoms with Crippen LogP contribution >= 0.6 is 0 Å². The Hall–Kier alpha value is -2.96. The summed E-state index contributed by atoms with van der Waals surface area (Å²) in [5, 5.41) is 4.98. The molecule has 2 N–H and O–H groups in total. The third kappa shape index (κ3) is 3.82. The van der Waals surface area contributed by atoms with Crippen molar-refractivity contribution in [2.24, 2.45) is 0 Å². The minimum Gasteiger partial charge on any atom is -0.333 e. The second-order valence-corrected chi connectivity index (χ2v) is 6.40. The summed E-state index contributed by atoms with van der Waals surface area (Å²) in [4.78, 5) is 25.9. The lowest BCUT2D eigenvalue weighted by Gasteiger charge is -2.18. The summed E-state index contributed by atoms with van der Waals surface area (Å²) in [5.41, 5.74) is 2.87. The molecule has 1 saturated heterocycles. The van der Waals surface area contributed by atoms with Gasteiger partial charge >= 0.3 is 6.03 Å². The van der Waals surface area contributed by atoms with Gasteiger partial charge in [0.05, 0.1) is 11.7 Å². The van der Waals surface area contributed by atoms with Crippen molar-refractivity contribution in [1.82, 2.24) is 5.32 Å². The van der Waals surface area contributed by atoms with Crippen LogP contribution in [0.1, 0.15) is 17.5 Å². The monoisotopic (exact) mass is 359 g/mol. The molecule has 136 valence electrons. The van der Waals surface area contributed by atoms with E-state index in [2.05, 4.69) is 10.6 Å². The van der Waals surface area contributed by atoms with E-state index < -0.39 is 23.7 Å². The van der Waals surface area contributed by atoms with Gasteiger partial charge in [0.25, 0.3) is 0 Å². The highest BCUT2D eigenvalue weighted by molar-refractivity contribution is 5.97. The first-order valence-corrected chi connectivity index (χ1v) is 8.23. The lowest BCUT2D eigenvalue weighted by molar-refractivity contribution is -0.117. The van der Waals surface area contributed by atoms with Gasteiger partial charge in [-0.25, -0.2) is 13.6 Å². The van der Waals surface area contributed by atoms with Crippen LogP contribution in [0, 0.1) is 25.5 Å². The molecule has 7 heteroatoms. The van der Waals surface area contributed by atoms with E-state index in [-0.39, 0.29) is 18.0 Å². The Kier molecular flexibility index (Phi) is 4.88. The van der Waals surface area contributed by atoms with Crippen molar-refractivity contribution >= 4 is 23.3 Å². The van der Waals surface area contributed by atoms with Gasteiger partial charge in [-0.1, -0.05) is 6.07 Å². The van der Waals surface area contributed by atoms with E-state index in [1.807, 2.05) is 32.0 Å². The molecule has 3 amide bonds. The number of hydrogen-bond acceptors (Lipinski definition) is 2. The van der Waals surface area contributed by atoms with Gasteiger partial charge in [-0.2, -0.15) is 0 Å². The van der Waals surface area contributed by atoms with Gasteiger partial charge in [-0.15, -0.1) is 0 Å². The zero-order valence-electron chi connectivity index (χ0n) is 14.5. The highest BCUT2D eigenvalue weighted by atomic mass is 19.1. The molecule has 1 heterocycles. The largest absolute Gasteiger partial charge is 0.333 e. The summed E-state index contributed by atoms with van der Waals surface area (Å²) >= 11 is 0. The lowest BCUT2D eigenvalue weighted by atomic mass is 10.1. The Morgan fingerprint density at radius 2 is 1.88 bits per heavy atom. The predicted octanol–water partition coefficient (Wildman–Crippen LogP) is 3.51. The van der Waals surface area contributed by atoms with Gasteiger partial charge in [0.15, 0.2) is 0 Å². The molecule has 3 rings (SSSR count). The van der Waals surface area contributed by atoms with Crippen molar-refractivity contribution in [2.45, 2.75) is 26.3 Å². The van der Waals surface area contributed by atoms with Crippen LogP contribution in [0.15, 0.2) is 36.4 Å². The first kappa shape index (κ1) is 17.8. The summed E-state index contributed by atoms with van der Waals surface area (Å²) < 4.78 is 26.5. The number of nitrogens with zero attached hydrogens (tertiary/aromatic N) is 1. The van der Waals surface area contributed by atoms with Gasteiger partial charge in [0.2, 0.25) is 5.91 Å². The van der Waals surface area contributed by atoms with E-state index in [1.54, 1.807) is 4.90 Å². The molecule has 0 aromatic heterocycles. The molecule has 1 atom stereocenters. The predicted molar refractivity (Wildman–Crippen MR) is 95.2 cm³/mol. The van der Waals surface area contributed by atoms with Gasteiger partial charge in [-0.05, 0) is 49.2 Å². The van der Waals surface area contributed by atoms with Crippen molar-refractivity contribution < 1.29 is 18.4 Å².